The van der Waals surface area contributed by atoms with Crippen molar-refractivity contribution >= 4 is 33.2 Å². The molecular formula is C30H6F4N8. The first-order chi connectivity index (χ1) is 20.3. The summed E-state index contributed by atoms with van der Waals surface area (Å²) in [5.41, 5.74) is -2.88. The van der Waals surface area contributed by atoms with E-state index in [2.05, 4.69) is 19.9 Å². The van der Waals surface area contributed by atoms with Gasteiger partial charge in [0.05, 0.1) is 11.4 Å². The topological polar surface area (TPSA) is 147 Å². The second kappa shape index (κ2) is 8.50. The molecule has 0 amide bonds. The van der Waals surface area contributed by atoms with E-state index in [0.717, 1.165) is 24.3 Å². The summed E-state index contributed by atoms with van der Waals surface area (Å²) in [7, 11) is 0. The lowest BCUT2D eigenvalue weighted by Gasteiger charge is -2.10. The highest BCUT2D eigenvalue weighted by Crippen LogP contribution is 2.47. The highest BCUT2D eigenvalue weighted by Gasteiger charge is 2.35. The number of hydrogen-bond acceptors (Lipinski definition) is 8. The second-order valence-corrected chi connectivity index (χ2v) is 9.19. The Morgan fingerprint density at radius 1 is 0.476 bits per heavy atom. The third kappa shape index (κ3) is 3.06. The van der Waals surface area contributed by atoms with Crippen LogP contribution in [0.25, 0.3) is 55.7 Å². The lowest BCUT2D eigenvalue weighted by molar-refractivity contribution is 0.625. The number of benzene rings is 3. The van der Waals surface area contributed by atoms with Crippen LogP contribution in [0.5, 0.6) is 0 Å². The summed E-state index contributed by atoms with van der Waals surface area (Å²) >= 11 is 0. The number of allylic oxidation sites excluding steroid dienone is 2. The number of rotatable bonds is 0. The highest BCUT2D eigenvalue weighted by molar-refractivity contribution is 6.06. The summed E-state index contributed by atoms with van der Waals surface area (Å²) < 4.78 is 60.6. The van der Waals surface area contributed by atoms with Crippen LogP contribution in [0.1, 0.15) is 22.5 Å². The third-order valence-corrected chi connectivity index (χ3v) is 7.06. The van der Waals surface area contributed by atoms with Gasteiger partial charge < -0.3 is 0 Å². The lowest BCUT2D eigenvalue weighted by Crippen LogP contribution is -2.04. The van der Waals surface area contributed by atoms with E-state index in [1.54, 1.807) is 24.3 Å². The highest BCUT2D eigenvalue weighted by atomic mass is 19.1. The van der Waals surface area contributed by atoms with Crippen molar-refractivity contribution in [1.29, 1.82) is 21.0 Å². The van der Waals surface area contributed by atoms with E-state index in [0.29, 0.717) is 0 Å². The fraction of sp³-hybridized carbons (Fsp3) is 0. The molecule has 0 unspecified atom stereocenters. The fourth-order valence-corrected chi connectivity index (χ4v) is 5.33. The van der Waals surface area contributed by atoms with Gasteiger partial charge in [-0.3, -0.25) is 0 Å². The molecule has 12 heteroatoms. The minimum Gasteiger partial charge on any atom is -0.241 e. The molecule has 0 bridgehead atoms. The molecule has 2 aromatic heterocycles. The molecule has 8 nitrogen and oxygen atoms in total. The van der Waals surface area contributed by atoms with Crippen molar-refractivity contribution in [3.63, 3.8) is 0 Å². The molecule has 0 spiro atoms. The number of halogens is 4. The molecule has 0 fully saturated rings. The average Bonchev–Trinajstić information content (AvgIpc) is 3.47. The summed E-state index contributed by atoms with van der Waals surface area (Å²) in [5, 5.41) is 38.2. The van der Waals surface area contributed by atoms with E-state index in [1.165, 1.54) is 12.1 Å². The van der Waals surface area contributed by atoms with Gasteiger partial charge >= 0.3 is 0 Å². The SMILES string of the molecule is N#CC(C#N)=C1c2cc(F)ccc2-c2nc3c(F)c4nc5c(nc4c(F)c3nc21)C(=C(C#N)C#N)c1cc(F)ccc1-5. The maximum Gasteiger partial charge on any atom is 0.179 e. The molecule has 42 heavy (non-hydrogen) atoms. The number of nitriles is 4. The molecule has 5 aromatic rings. The van der Waals surface area contributed by atoms with Crippen molar-refractivity contribution < 1.29 is 17.6 Å². The molecule has 0 saturated heterocycles. The summed E-state index contributed by atoms with van der Waals surface area (Å²) in [6, 6.07) is 13.9. The predicted molar refractivity (Wildman–Crippen MR) is 138 cm³/mol. The van der Waals surface area contributed by atoms with Gasteiger partial charge in [-0.2, -0.15) is 21.0 Å². The maximum atomic E-state index is 16.2. The molecule has 0 N–H and O–H groups in total. The van der Waals surface area contributed by atoms with Crippen LogP contribution in [0.2, 0.25) is 0 Å². The first kappa shape index (κ1) is 24.5. The van der Waals surface area contributed by atoms with Gasteiger partial charge in [0.15, 0.2) is 11.6 Å². The first-order valence-corrected chi connectivity index (χ1v) is 11.9. The standard InChI is InChI=1S/C30H6F4N8/c31-13-1-3-15-17(5-13)19(11(7-35)8-36)25-23(15)39-27-21(33)28-30(22(34)29(27)41-25)42-26-20(12(9-37)10-38)18-6-14(32)2-4-16(18)24(26)40-28/h1-6H. The smallest absolute Gasteiger partial charge is 0.179 e. The fourth-order valence-electron chi connectivity index (χ4n) is 5.33. The summed E-state index contributed by atoms with van der Waals surface area (Å²) in [6.07, 6.45) is 0. The van der Waals surface area contributed by atoms with Crippen molar-refractivity contribution in [3.8, 4) is 46.8 Å². The average molecular weight is 554 g/mol. The number of fused-ring (bicyclic) bond motifs is 8. The van der Waals surface area contributed by atoms with Gasteiger partial charge in [-0.05, 0) is 47.5 Å². The maximum absolute atomic E-state index is 16.2. The molecular weight excluding hydrogens is 548 g/mol. The van der Waals surface area contributed by atoms with Gasteiger partial charge in [-0.25, -0.2) is 37.5 Å². The lowest BCUT2D eigenvalue weighted by atomic mass is 10.0. The van der Waals surface area contributed by atoms with Crippen LogP contribution in [-0.2, 0) is 0 Å². The van der Waals surface area contributed by atoms with Crippen molar-refractivity contribution in [3.05, 3.63) is 93.3 Å². The van der Waals surface area contributed by atoms with Crippen LogP contribution in [-0.4, -0.2) is 19.9 Å². The number of nitrogens with zero attached hydrogens (tertiary/aromatic N) is 8. The van der Waals surface area contributed by atoms with E-state index in [4.69, 9.17) is 0 Å². The van der Waals surface area contributed by atoms with Gasteiger partial charge in [0.25, 0.3) is 0 Å². The monoisotopic (exact) mass is 554 g/mol. The van der Waals surface area contributed by atoms with E-state index < -0.39 is 56.5 Å². The molecule has 2 aliphatic rings. The van der Waals surface area contributed by atoms with Crippen LogP contribution in [0.15, 0.2) is 47.5 Å². The number of hydrogen-bond donors (Lipinski definition) is 0. The Labute approximate surface area is 232 Å². The second-order valence-electron chi connectivity index (χ2n) is 9.19. The molecule has 2 aliphatic carbocycles. The quantitative estimate of drug-likeness (QED) is 0.130. The van der Waals surface area contributed by atoms with Crippen molar-refractivity contribution in [2.24, 2.45) is 0 Å². The van der Waals surface area contributed by atoms with Crippen LogP contribution in [0.4, 0.5) is 17.6 Å². The minimum atomic E-state index is -1.17. The zero-order valence-corrected chi connectivity index (χ0v) is 20.6. The van der Waals surface area contributed by atoms with Gasteiger partial charge in [-0.1, -0.05) is 0 Å². The van der Waals surface area contributed by atoms with E-state index in [1.807, 2.05) is 0 Å². The zero-order chi connectivity index (χ0) is 29.4. The van der Waals surface area contributed by atoms with Gasteiger partial charge in [0.2, 0.25) is 0 Å². The van der Waals surface area contributed by atoms with Crippen LogP contribution in [0.3, 0.4) is 0 Å². The Hall–Kier alpha value is -6.50. The molecule has 0 atom stereocenters. The Morgan fingerprint density at radius 2 is 0.810 bits per heavy atom. The molecule has 0 aliphatic heterocycles. The van der Waals surface area contributed by atoms with Gasteiger partial charge in [0.1, 0.15) is 80.5 Å². The molecule has 3 aromatic carbocycles. The molecule has 0 radical (unpaired) electrons. The van der Waals surface area contributed by atoms with E-state index >= 15 is 8.78 Å². The molecule has 7 rings (SSSR count). The van der Waals surface area contributed by atoms with Crippen LogP contribution >= 0.6 is 0 Å². The Kier molecular flexibility index (Phi) is 4.96. The summed E-state index contributed by atoms with van der Waals surface area (Å²) in [5.74, 6) is -3.62. The van der Waals surface area contributed by atoms with Gasteiger partial charge in [-0.15, -0.1) is 0 Å². The van der Waals surface area contributed by atoms with E-state index in [9.17, 15) is 29.8 Å². The van der Waals surface area contributed by atoms with E-state index in [-0.39, 0.29) is 56.2 Å². The number of aromatic nitrogens is 4. The largest absolute Gasteiger partial charge is 0.241 e. The van der Waals surface area contributed by atoms with Crippen LogP contribution < -0.4 is 0 Å². The van der Waals surface area contributed by atoms with Crippen molar-refractivity contribution in [2.75, 3.05) is 0 Å². The predicted octanol–water partition coefficient (Wildman–Crippen LogP) is 5.79. The van der Waals surface area contributed by atoms with Crippen molar-refractivity contribution in [2.45, 2.75) is 0 Å². The normalized spacial score (nSPS) is 12.1. The Morgan fingerprint density at radius 3 is 1.14 bits per heavy atom. The Bertz CT molecular complexity index is 2200. The van der Waals surface area contributed by atoms with Crippen molar-refractivity contribution in [1.82, 2.24) is 19.9 Å². The Balaban J connectivity index is 1.61. The first-order valence-electron chi connectivity index (χ1n) is 11.9. The summed E-state index contributed by atoms with van der Waals surface area (Å²) in [4.78, 5) is 17.1. The minimum absolute atomic E-state index is 0.000918. The molecule has 0 saturated carbocycles. The molecule has 194 valence electrons. The van der Waals surface area contributed by atoms with Crippen LogP contribution in [0, 0.1) is 68.6 Å². The third-order valence-electron chi connectivity index (χ3n) is 7.06. The molecule has 2 heterocycles. The zero-order valence-electron chi connectivity index (χ0n) is 20.6. The summed E-state index contributed by atoms with van der Waals surface area (Å²) in [6.45, 7) is 0. The van der Waals surface area contributed by atoms with Gasteiger partial charge in [0, 0.05) is 22.3 Å².